The van der Waals surface area contributed by atoms with Crippen LogP contribution >= 0.6 is 8.38 Å². The highest BCUT2D eigenvalue weighted by molar-refractivity contribution is 7.46. The van der Waals surface area contributed by atoms with Gasteiger partial charge >= 0.3 is 0 Å². The SMILES string of the molecule is [2H]C[C@H]1C=C[C@@H](n2cnc3c(NC(=O)c4ccccc4)ncnc32)[C@H](F)[C@@H]1OP(C)OCCC#N. The van der Waals surface area contributed by atoms with Crippen molar-refractivity contribution in [3.05, 3.63) is 60.7 Å². The average molecular weight is 483 g/mol. The Labute approximate surface area is 199 Å². The third-order valence-electron chi connectivity index (χ3n) is 5.32. The molecule has 0 aliphatic heterocycles. The fourth-order valence-electron chi connectivity index (χ4n) is 3.64. The zero-order valence-electron chi connectivity index (χ0n) is 19.4. The number of carbonyl (C=O) groups excluding carboxylic acids is 1. The van der Waals surface area contributed by atoms with Crippen LogP contribution in [0.2, 0.25) is 0 Å². The molecule has 1 unspecified atom stereocenters. The van der Waals surface area contributed by atoms with Crippen LogP contribution < -0.4 is 5.32 Å². The number of fused-ring (bicyclic) bond motifs is 1. The second-order valence-electron chi connectivity index (χ2n) is 7.60. The lowest BCUT2D eigenvalue weighted by atomic mass is 9.89. The number of halogens is 1. The number of aromatic nitrogens is 4. The third kappa shape index (κ3) is 5.12. The molecule has 9 nitrogen and oxygen atoms in total. The Morgan fingerprint density at radius 1 is 1.32 bits per heavy atom. The van der Waals surface area contributed by atoms with E-state index in [1.165, 1.54) is 12.7 Å². The molecule has 0 bridgehead atoms. The second kappa shape index (κ2) is 10.8. The summed E-state index contributed by atoms with van der Waals surface area (Å²) < 4.78 is 36.6. The number of rotatable bonds is 8. The van der Waals surface area contributed by atoms with E-state index in [0.29, 0.717) is 16.7 Å². The molecule has 2 aromatic heterocycles. The zero-order chi connectivity index (χ0) is 24.8. The molecule has 1 aromatic carbocycles. The summed E-state index contributed by atoms with van der Waals surface area (Å²) in [6.45, 7) is 1.86. The van der Waals surface area contributed by atoms with E-state index < -0.39 is 32.6 Å². The third-order valence-corrected chi connectivity index (χ3v) is 6.41. The minimum Gasteiger partial charge on any atom is -0.333 e. The number of nitriles is 1. The van der Waals surface area contributed by atoms with Crippen molar-refractivity contribution in [1.29, 1.82) is 5.26 Å². The summed E-state index contributed by atoms with van der Waals surface area (Å²) in [6.07, 6.45) is 4.00. The number of nitrogens with zero attached hydrogens (tertiary/aromatic N) is 5. The minimum absolute atomic E-state index is 0.0435. The molecule has 1 aliphatic carbocycles. The minimum atomic E-state index is -1.51. The lowest BCUT2D eigenvalue weighted by molar-refractivity contribution is 0.0417. The molecule has 1 amide bonds. The van der Waals surface area contributed by atoms with Crippen LogP contribution in [-0.4, -0.2) is 51.0 Å². The van der Waals surface area contributed by atoms with Gasteiger partial charge in [-0.15, -0.1) is 0 Å². The van der Waals surface area contributed by atoms with Crippen LogP contribution in [0.3, 0.4) is 0 Å². The van der Waals surface area contributed by atoms with Crippen molar-refractivity contribution in [1.82, 2.24) is 19.5 Å². The molecular formula is C23H24FN6O3P. The van der Waals surface area contributed by atoms with E-state index in [1.54, 1.807) is 47.6 Å². The molecule has 1 N–H and O–H groups in total. The van der Waals surface area contributed by atoms with Gasteiger partial charge in [-0.2, -0.15) is 5.26 Å². The number of alkyl halides is 1. The molecule has 4 rings (SSSR count). The number of carbonyl (C=O) groups is 1. The van der Waals surface area contributed by atoms with Crippen LogP contribution in [0.1, 0.15) is 31.1 Å². The van der Waals surface area contributed by atoms with Crippen LogP contribution in [0.25, 0.3) is 11.2 Å². The second-order valence-corrected chi connectivity index (χ2v) is 8.95. The van der Waals surface area contributed by atoms with Gasteiger partial charge in [0.05, 0.1) is 31.5 Å². The van der Waals surface area contributed by atoms with Gasteiger partial charge in [-0.05, 0) is 12.1 Å². The van der Waals surface area contributed by atoms with Crippen molar-refractivity contribution >= 4 is 31.3 Å². The van der Waals surface area contributed by atoms with Gasteiger partial charge < -0.3 is 18.9 Å². The van der Waals surface area contributed by atoms with Crippen molar-refractivity contribution in [2.24, 2.45) is 5.92 Å². The number of amides is 1. The molecule has 0 fully saturated rings. The molecule has 11 heteroatoms. The van der Waals surface area contributed by atoms with Crippen LogP contribution in [0, 0.1) is 17.2 Å². The van der Waals surface area contributed by atoms with E-state index in [9.17, 15) is 4.79 Å². The maximum Gasteiger partial charge on any atom is 0.256 e. The fourth-order valence-corrected chi connectivity index (χ4v) is 4.66. The van der Waals surface area contributed by atoms with E-state index in [0.717, 1.165) is 0 Å². The van der Waals surface area contributed by atoms with Crippen molar-refractivity contribution in [3.8, 4) is 6.07 Å². The van der Waals surface area contributed by atoms with Crippen LogP contribution in [0.5, 0.6) is 0 Å². The quantitative estimate of drug-likeness (QED) is 0.286. The fraction of sp³-hybridized carbons (Fsp3) is 0.348. The monoisotopic (exact) mass is 483 g/mol. The Balaban J connectivity index is 1.57. The topological polar surface area (TPSA) is 115 Å². The normalized spacial score (nSPS) is 23.3. The van der Waals surface area contributed by atoms with Crippen molar-refractivity contribution in [2.45, 2.75) is 31.6 Å². The van der Waals surface area contributed by atoms with Gasteiger partial charge in [0, 0.05) is 19.5 Å². The Bertz CT molecular complexity index is 1240. The molecule has 0 saturated carbocycles. The van der Waals surface area contributed by atoms with Gasteiger partial charge in [-0.3, -0.25) is 4.79 Å². The molecule has 34 heavy (non-hydrogen) atoms. The zero-order valence-corrected chi connectivity index (χ0v) is 19.3. The smallest absolute Gasteiger partial charge is 0.256 e. The predicted molar refractivity (Wildman–Crippen MR) is 126 cm³/mol. The first-order chi connectivity index (χ1) is 17.0. The maximum atomic E-state index is 15.8. The number of imidazole rings is 1. The molecular weight excluding hydrogens is 458 g/mol. The molecule has 176 valence electrons. The van der Waals surface area contributed by atoms with E-state index in [4.69, 9.17) is 15.7 Å². The molecule has 1 aliphatic rings. The van der Waals surface area contributed by atoms with Gasteiger partial charge in [-0.1, -0.05) is 37.3 Å². The average Bonchev–Trinajstić information content (AvgIpc) is 3.31. The first-order valence-corrected chi connectivity index (χ1v) is 12.2. The lowest BCUT2D eigenvalue weighted by Gasteiger charge is -2.35. The number of anilines is 1. The molecule has 0 radical (unpaired) electrons. The highest BCUT2D eigenvalue weighted by Crippen LogP contribution is 2.42. The number of hydrogen-bond acceptors (Lipinski definition) is 7. The number of allylic oxidation sites excluding steroid dienone is 1. The largest absolute Gasteiger partial charge is 0.333 e. The summed E-state index contributed by atoms with van der Waals surface area (Å²) in [5.41, 5.74) is 1.15. The molecule has 0 saturated heterocycles. The number of hydrogen-bond donors (Lipinski definition) is 1. The summed E-state index contributed by atoms with van der Waals surface area (Å²) >= 11 is 0. The van der Waals surface area contributed by atoms with Crippen molar-refractivity contribution in [2.75, 3.05) is 18.6 Å². The number of nitrogens with one attached hydrogen (secondary N) is 1. The van der Waals surface area contributed by atoms with Gasteiger partial charge in [0.25, 0.3) is 5.91 Å². The summed E-state index contributed by atoms with van der Waals surface area (Å²) in [6, 6.07) is 9.90. The van der Waals surface area contributed by atoms with Gasteiger partial charge in [0.2, 0.25) is 0 Å². The first kappa shape index (κ1) is 22.5. The first-order valence-electron chi connectivity index (χ1n) is 11.3. The summed E-state index contributed by atoms with van der Waals surface area (Å²) in [5.74, 6) is -0.575. The molecule has 3 aromatic rings. The highest BCUT2D eigenvalue weighted by Gasteiger charge is 2.38. The standard InChI is InChI=1S/C23H24FN6O3P/c1-15-9-10-17(18(24)20(15)33-34(2)32-12-6-11-25)30-14-28-19-21(26-13-27-22(19)30)29-23(31)16-7-4-3-5-8-16/h3-5,7-10,13-15,17-18,20H,6,12H2,1-2H3,(H,26,27,29,31)/t15-,17+,18-,20+,34?/m0/s1/i1D. The Kier molecular flexibility index (Phi) is 7.15. The van der Waals surface area contributed by atoms with E-state index in [1.807, 2.05) is 12.1 Å². The lowest BCUT2D eigenvalue weighted by Crippen LogP contribution is -2.39. The van der Waals surface area contributed by atoms with Gasteiger partial charge in [-0.25, -0.2) is 19.3 Å². The van der Waals surface area contributed by atoms with Crippen LogP contribution in [0.15, 0.2) is 55.1 Å². The Morgan fingerprint density at radius 2 is 2.15 bits per heavy atom. The van der Waals surface area contributed by atoms with Gasteiger partial charge in [0.1, 0.15) is 12.4 Å². The summed E-state index contributed by atoms with van der Waals surface area (Å²) in [4.78, 5) is 25.4. The van der Waals surface area contributed by atoms with E-state index in [-0.39, 0.29) is 31.7 Å². The Hall–Kier alpha value is -3.25. The van der Waals surface area contributed by atoms with Crippen LogP contribution in [-0.2, 0) is 9.05 Å². The van der Waals surface area contributed by atoms with Crippen molar-refractivity contribution < 1.29 is 19.6 Å². The predicted octanol–water partition coefficient (Wildman–Crippen LogP) is 4.42. The number of benzene rings is 1. The van der Waals surface area contributed by atoms with Crippen LogP contribution in [0.4, 0.5) is 10.2 Å². The molecule has 0 spiro atoms. The van der Waals surface area contributed by atoms with E-state index >= 15 is 4.39 Å². The molecule has 5 atom stereocenters. The highest BCUT2D eigenvalue weighted by atomic mass is 31.2. The summed E-state index contributed by atoms with van der Waals surface area (Å²) in [5, 5.41) is 11.4. The maximum absolute atomic E-state index is 15.8. The summed E-state index contributed by atoms with van der Waals surface area (Å²) in [7, 11) is -1.43. The molecule has 2 heterocycles. The van der Waals surface area contributed by atoms with Crippen molar-refractivity contribution in [3.63, 3.8) is 0 Å². The van der Waals surface area contributed by atoms with E-state index in [2.05, 4.69) is 20.3 Å². The van der Waals surface area contributed by atoms with Gasteiger partial charge in [0.15, 0.2) is 31.5 Å². The Morgan fingerprint density at radius 3 is 2.91 bits per heavy atom.